The highest BCUT2D eigenvalue weighted by Crippen LogP contribution is 2.33. The van der Waals surface area contributed by atoms with Crippen LogP contribution in [-0.4, -0.2) is 21.5 Å². The van der Waals surface area contributed by atoms with Crippen LogP contribution in [0.25, 0.3) is 33.5 Å². The number of hydrogen-bond donors (Lipinski definition) is 1. The van der Waals surface area contributed by atoms with Crippen LogP contribution in [-0.2, 0) is 0 Å². The third kappa shape index (κ3) is 2.48. The smallest absolute Gasteiger partial charge is 0.294 e. The Morgan fingerprint density at radius 1 is 1.27 bits per heavy atom. The highest BCUT2D eigenvalue weighted by Gasteiger charge is 2.18. The van der Waals surface area contributed by atoms with Gasteiger partial charge in [-0.05, 0) is 25.1 Å². The maximum atomic E-state index is 12.5. The summed E-state index contributed by atoms with van der Waals surface area (Å²) in [5.74, 6) is 0.578. The lowest BCUT2D eigenvalue weighted by molar-refractivity contribution is -0.384. The molecule has 2 aromatic carbocycles. The Morgan fingerprint density at radius 2 is 2.08 bits per heavy atom. The zero-order chi connectivity index (χ0) is 18.3. The van der Waals surface area contributed by atoms with Crippen molar-refractivity contribution in [1.29, 1.82) is 0 Å². The SMILES string of the molecule is CCOc1ccc([N+](=O)[O-])cc1-c1nc2c(oc3ccccc32)c(=O)[nH]1. The second-order valence-electron chi connectivity index (χ2n) is 5.56. The minimum absolute atomic E-state index is 0.110. The van der Waals surface area contributed by atoms with Gasteiger partial charge in [0.1, 0.15) is 22.7 Å². The number of rotatable bonds is 4. The predicted octanol–water partition coefficient (Wildman–Crippen LogP) is 3.64. The standard InChI is InChI=1S/C18H13N3O5/c1-2-25-13-8-7-10(21(23)24)9-12(13)17-19-15-11-5-3-4-6-14(11)26-16(15)18(22)20-17/h3-9H,2H2,1H3,(H,19,20,22). The van der Waals surface area contributed by atoms with Crippen LogP contribution in [0.5, 0.6) is 5.75 Å². The fourth-order valence-electron chi connectivity index (χ4n) is 2.83. The zero-order valence-corrected chi connectivity index (χ0v) is 13.7. The van der Waals surface area contributed by atoms with E-state index in [1.54, 1.807) is 25.1 Å². The summed E-state index contributed by atoms with van der Waals surface area (Å²) >= 11 is 0. The van der Waals surface area contributed by atoms with Crippen molar-refractivity contribution >= 4 is 27.8 Å². The summed E-state index contributed by atoms with van der Waals surface area (Å²) in [4.78, 5) is 30.2. The maximum absolute atomic E-state index is 12.5. The summed E-state index contributed by atoms with van der Waals surface area (Å²) in [6.07, 6.45) is 0. The van der Waals surface area contributed by atoms with Crippen molar-refractivity contribution in [2.75, 3.05) is 6.61 Å². The van der Waals surface area contributed by atoms with Gasteiger partial charge in [-0.1, -0.05) is 12.1 Å². The van der Waals surface area contributed by atoms with Gasteiger partial charge < -0.3 is 14.1 Å². The molecule has 2 heterocycles. The number of nitrogens with one attached hydrogen (secondary N) is 1. The number of non-ortho nitro benzene ring substituents is 1. The van der Waals surface area contributed by atoms with Crippen molar-refractivity contribution < 1.29 is 14.1 Å². The molecule has 0 bridgehead atoms. The van der Waals surface area contributed by atoms with Crippen molar-refractivity contribution in [3.8, 4) is 17.1 Å². The molecule has 4 rings (SSSR count). The molecule has 8 nitrogen and oxygen atoms in total. The van der Waals surface area contributed by atoms with Gasteiger partial charge in [-0.2, -0.15) is 0 Å². The second kappa shape index (κ2) is 5.99. The first-order chi connectivity index (χ1) is 12.6. The van der Waals surface area contributed by atoms with Crippen LogP contribution in [0.15, 0.2) is 51.7 Å². The summed E-state index contributed by atoms with van der Waals surface area (Å²) < 4.78 is 11.1. The first-order valence-electron chi connectivity index (χ1n) is 7.91. The molecule has 1 N–H and O–H groups in total. The van der Waals surface area contributed by atoms with Gasteiger partial charge in [0.05, 0.1) is 17.1 Å². The second-order valence-corrected chi connectivity index (χ2v) is 5.56. The monoisotopic (exact) mass is 351 g/mol. The minimum atomic E-state index is -0.511. The molecular formula is C18H13N3O5. The van der Waals surface area contributed by atoms with Crippen molar-refractivity contribution in [2.45, 2.75) is 6.92 Å². The van der Waals surface area contributed by atoms with E-state index in [0.29, 0.717) is 34.4 Å². The van der Waals surface area contributed by atoms with Crippen LogP contribution in [0.3, 0.4) is 0 Å². The highest BCUT2D eigenvalue weighted by molar-refractivity contribution is 6.02. The van der Waals surface area contributed by atoms with E-state index in [9.17, 15) is 14.9 Å². The molecule has 0 spiro atoms. The van der Waals surface area contributed by atoms with Gasteiger partial charge in [-0.25, -0.2) is 4.98 Å². The molecule has 0 aliphatic heterocycles. The van der Waals surface area contributed by atoms with Gasteiger partial charge in [0, 0.05) is 17.5 Å². The van der Waals surface area contributed by atoms with E-state index >= 15 is 0 Å². The van der Waals surface area contributed by atoms with Gasteiger partial charge in [0.25, 0.3) is 11.2 Å². The average molecular weight is 351 g/mol. The number of H-pyrrole nitrogens is 1. The molecule has 2 aromatic heterocycles. The molecule has 0 radical (unpaired) electrons. The molecular weight excluding hydrogens is 338 g/mol. The van der Waals surface area contributed by atoms with Gasteiger partial charge in [0.15, 0.2) is 0 Å². The molecule has 130 valence electrons. The van der Waals surface area contributed by atoms with Gasteiger partial charge in [0.2, 0.25) is 5.58 Å². The number of nitro groups is 1. The maximum Gasteiger partial charge on any atom is 0.294 e. The summed E-state index contributed by atoms with van der Waals surface area (Å²) in [5, 5.41) is 11.8. The topological polar surface area (TPSA) is 111 Å². The quantitative estimate of drug-likeness (QED) is 0.444. The molecule has 0 aliphatic rings. The Kier molecular flexibility index (Phi) is 3.65. The number of nitro benzene ring substituents is 1. The molecule has 0 fully saturated rings. The molecule has 8 heteroatoms. The Hall–Kier alpha value is -3.68. The Labute approximate surface area is 146 Å². The first kappa shape index (κ1) is 15.8. The number of para-hydroxylation sites is 1. The van der Waals surface area contributed by atoms with Crippen LogP contribution in [0, 0.1) is 10.1 Å². The van der Waals surface area contributed by atoms with E-state index in [-0.39, 0.29) is 17.1 Å². The molecule has 26 heavy (non-hydrogen) atoms. The molecule has 4 aromatic rings. The summed E-state index contributed by atoms with van der Waals surface area (Å²) in [6.45, 7) is 2.17. The Balaban J connectivity index is 2.02. The van der Waals surface area contributed by atoms with E-state index in [1.807, 2.05) is 6.07 Å². The summed E-state index contributed by atoms with van der Waals surface area (Å²) in [6, 6.07) is 11.3. The average Bonchev–Trinajstić information content (AvgIpc) is 3.01. The number of aromatic amines is 1. The Bertz CT molecular complexity index is 1210. The zero-order valence-electron chi connectivity index (χ0n) is 13.7. The fraction of sp³-hybridized carbons (Fsp3) is 0.111. The fourth-order valence-corrected chi connectivity index (χ4v) is 2.83. The van der Waals surface area contributed by atoms with E-state index in [1.165, 1.54) is 18.2 Å². The van der Waals surface area contributed by atoms with Gasteiger partial charge in [-0.3, -0.25) is 14.9 Å². The summed E-state index contributed by atoms with van der Waals surface area (Å²) in [7, 11) is 0. The molecule has 0 unspecified atom stereocenters. The van der Waals surface area contributed by atoms with Crippen molar-refractivity contribution in [3.63, 3.8) is 0 Å². The van der Waals surface area contributed by atoms with Crippen LogP contribution in [0.4, 0.5) is 5.69 Å². The number of hydrogen-bond acceptors (Lipinski definition) is 6. The van der Waals surface area contributed by atoms with E-state index in [2.05, 4.69) is 9.97 Å². The third-order valence-electron chi connectivity index (χ3n) is 3.96. The first-order valence-corrected chi connectivity index (χ1v) is 7.91. The number of benzene rings is 2. The van der Waals surface area contributed by atoms with E-state index < -0.39 is 10.5 Å². The van der Waals surface area contributed by atoms with Crippen molar-refractivity contribution in [2.24, 2.45) is 0 Å². The molecule has 0 aliphatic carbocycles. The van der Waals surface area contributed by atoms with Crippen LogP contribution < -0.4 is 10.3 Å². The molecule has 0 amide bonds. The largest absolute Gasteiger partial charge is 0.493 e. The number of ether oxygens (including phenoxy) is 1. The molecule has 0 atom stereocenters. The summed E-state index contributed by atoms with van der Waals surface area (Å²) in [5.41, 5.74) is 0.803. The van der Waals surface area contributed by atoms with Crippen molar-refractivity contribution in [3.05, 3.63) is 62.9 Å². The number of fused-ring (bicyclic) bond motifs is 3. The minimum Gasteiger partial charge on any atom is -0.493 e. The molecule has 0 saturated heterocycles. The normalized spacial score (nSPS) is 11.1. The lowest BCUT2D eigenvalue weighted by Crippen LogP contribution is -2.09. The third-order valence-corrected chi connectivity index (χ3v) is 3.96. The molecule has 0 saturated carbocycles. The highest BCUT2D eigenvalue weighted by atomic mass is 16.6. The van der Waals surface area contributed by atoms with E-state index in [4.69, 9.17) is 9.15 Å². The van der Waals surface area contributed by atoms with Crippen molar-refractivity contribution in [1.82, 2.24) is 9.97 Å². The van der Waals surface area contributed by atoms with Gasteiger partial charge >= 0.3 is 0 Å². The predicted molar refractivity (Wildman–Crippen MR) is 95.4 cm³/mol. The van der Waals surface area contributed by atoms with Crippen LogP contribution >= 0.6 is 0 Å². The Morgan fingerprint density at radius 3 is 2.85 bits per heavy atom. The van der Waals surface area contributed by atoms with Crippen LogP contribution in [0.1, 0.15) is 6.92 Å². The number of furan rings is 1. The number of nitrogens with zero attached hydrogens (tertiary/aromatic N) is 2. The lowest BCUT2D eigenvalue weighted by Gasteiger charge is -2.09. The van der Waals surface area contributed by atoms with Crippen LogP contribution in [0.2, 0.25) is 0 Å². The lowest BCUT2D eigenvalue weighted by atomic mass is 10.1. The van der Waals surface area contributed by atoms with Gasteiger partial charge in [-0.15, -0.1) is 0 Å². The van der Waals surface area contributed by atoms with E-state index in [0.717, 1.165) is 0 Å². The number of aromatic nitrogens is 2.